The fourth-order valence-corrected chi connectivity index (χ4v) is 10.3. The summed E-state index contributed by atoms with van der Waals surface area (Å²) in [6.45, 7) is 1.90. The average Bonchev–Trinajstić information content (AvgIpc) is 3.44. The second-order valence-corrected chi connectivity index (χ2v) is 13.5. The highest BCUT2D eigenvalue weighted by molar-refractivity contribution is 5.92. The molecule has 0 bridgehead atoms. The van der Waals surface area contributed by atoms with Crippen molar-refractivity contribution in [2.45, 2.75) is 114 Å². The second-order valence-electron chi connectivity index (χ2n) is 13.5. The van der Waals surface area contributed by atoms with E-state index in [2.05, 4.69) is 5.32 Å². The number of aliphatic hydroxyl groups is 2. The van der Waals surface area contributed by atoms with Gasteiger partial charge in [0, 0.05) is 16.7 Å². The fourth-order valence-electron chi connectivity index (χ4n) is 10.3. The lowest BCUT2D eigenvalue weighted by Gasteiger charge is -2.62. The van der Waals surface area contributed by atoms with Crippen LogP contribution in [0.4, 0.5) is 0 Å². The summed E-state index contributed by atoms with van der Waals surface area (Å²) < 4.78 is 6.69. The van der Waals surface area contributed by atoms with Crippen molar-refractivity contribution in [1.29, 1.82) is 0 Å². The van der Waals surface area contributed by atoms with Gasteiger partial charge in [0.25, 0.3) is 0 Å². The van der Waals surface area contributed by atoms with E-state index in [0.29, 0.717) is 30.0 Å². The Morgan fingerprint density at radius 1 is 0.970 bits per heavy atom. The minimum atomic E-state index is -0.840. The highest BCUT2D eigenvalue weighted by Crippen LogP contribution is 2.71. The molecule has 33 heavy (non-hydrogen) atoms. The summed E-state index contributed by atoms with van der Waals surface area (Å²) in [5.41, 5.74) is -1.75. The Hall–Kier alpha value is -0.490. The van der Waals surface area contributed by atoms with Gasteiger partial charge in [0.1, 0.15) is 6.10 Å². The van der Waals surface area contributed by atoms with Crippen molar-refractivity contribution in [1.82, 2.24) is 5.32 Å². The van der Waals surface area contributed by atoms with Gasteiger partial charge in [-0.1, -0.05) is 25.7 Å². The molecule has 8 unspecified atom stereocenters. The van der Waals surface area contributed by atoms with Crippen LogP contribution in [0.15, 0.2) is 0 Å². The van der Waals surface area contributed by atoms with Crippen LogP contribution in [0, 0.1) is 40.4 Å². The molecule has 1 saturated heterocycles. The monoisotopic (exact) mass is 457 g/mol. The molecule has 1 heterocycles. The Bertz CT molecular complexity index is 798. The number of carbonyl (C=O) groups excluding carboxylic acids is 1. The molecular formula is C28H43NO4. The predicted molar refractivity (Wildman–Crippen MR) is 124 cm³/mol. The zero-order chi connectivity index (χ0) is 22.4. The molecule has 6 aliphatic carbocycles. The Morgan fingerprint density at radius 2 is 1.73 bits per heavy atom. The zero-order valence-corrected chi connectivity index (χ0v) is 20.1. The first-order chi connectivity index (χ1) is 16.0. The first-order valence-corrected chi connectivity index (χ1v) is 14.3. The minimum absolute atomic E-state index is 0.123. The second kappa shape index (κ2) is 7.51. The van der Waals surface area contributed by atoms with E-state index in [9.17, 15) is 15.0 Å². The Kier molecular flexibility index (Phi) is 4.95. The summed E-state index contributed by atoms with van der Waals surface area (Å²) in [5.74, 6) is 3.04. The van der Waals surface area contributed by atoms with E-state index >= 15 is 0 Å². The molecule has 7 fully saturated rings. The van der Waals surface area contributed by atoms with Crippen LogP contribution < -0.4 is 5.32 Å². The van der Waals surface area contributed by atoms with Crippen LogP contribution in [0.5, 0.6) is 0 Å². The van der Waals surface area contributed by atoms with Crippen molar-refractivity contribution < 1.29 is 19.7 Å². The normalized spacial score (nSPS) is 55.0. The molecule has 5 heteroatoms. The number of nitrogens with one attached hydrogen (secondary N) is 1. The van der Waals surface area contributed by atoms with Gasteiger partial charge in [-0.25, -0.2) is 0 Å². The molecule has 7 aliphatic rings. The summed E-state index contributed by atoms with van der Waals surface area (Å²) in [6.07, 6.45) is 13.5. The third-order valence-electron chi connectivity index (χ3n) is 11.8. The Labute approximate surface area is 198 Å². The highest BCUT2D eigenvalue weighted by atomic mass is 16.5. The van der Waals surface area contributed by atoms with E-state index in [1.54, 1.807) is 0 Å². The van der Waals surface area contributed by atoms with Gasteiger partial charge in [-0.3, -0.25) is 4.79 Å². The van der Waals surface area contributed by atoms with Crippen molar-refractivity contribution >= 4 is 5.78 Å². The molecule has 5 nitrogen and oxygen atoms in total. The van der Waals surface area contributed by atoms with E-state index < -0.39 is 28.6 Å². The lowest BCUT2D eigenvalue weighted by molar-refractivity contribution is -0.218. The molecule has 0 aromatic carbocycles. The average molecular weight is 458 g/mol. The largest absolute Gasteiger partial charge is 0.390 e. The van der Waals surface area contributed by atoms with Gasteiger partial charge >= 0.3 is 0 Å². The molecule has 184 valence electrons. The van der Waals surface area contributed by atoms with E-state index in [4.69, 9.17) is 4.74 Å². The molecular weight excluding hydrogens is 414 g/mol. The lowest BCUT2D eigenvalue weighted by atomic mass is 9.42. The Morgan fingerprint density at radius 3 is 2.45 bits per heavy atom. The summed E-state index contributed by atoms with van der Waals surface area (Å²) in [7, 11) is 0. The van der Waals surface area contributed by atoms with Crippen LogP contribution in [-0.4, -0.2) is 53.0 Å². The molecule has 0 amide bonds. The number of fused-ring (bicyclic) bond motifs is 1. The maximum absolute atomic E-state index is 14.5. The summed E-state index contributed by atoms with van der Waals surface area (Å²) in [5, 5.41) is 27.3. The quantitative estimate of drug-likeness (QED) is 0.550. The third-order valence-corrected chi connectivity index (χ3v) is 11.8. The van der Waals surface area contributed by atoms with Crippen LogP contribution in [0.3, 0.4) is 0 Å². The zero-order valence-electron chi connectivity index (χ0n) is 20.1. The summed E-state index contributed by atoms with van der Waals surface area (Å²) in [6, 6.07) is 0. The van der Waals surface area contributed by atoms with Crippen molar-refractivity contribution in [3.05, 3.63) is 0 Å². The molecule has 0 radical (unpaired) electrons. The smallest absolute Gasteiger partial charge is 0.168 e. The minimum Gasteiger partial charge on any atom is -0.390 e. The number of hydrogen-bond acceptors (Lipinski definition) is 5. The van der Waals surface area contributed by atoms with Crippen LogP contribution >= 0.6 is 0 Å². The highest BCUT2D eigenvalue weighted by Gasteiger charge is 2.77. The number of ether oxygens (including phenoxy) is 1. The van der Waals surface area contributed by atoms with E-state index in [-0.39, 0.29) is 12.0 Å². The Balaban J connectivity index is 1.26. The number of ketones is 1. The van der Waals surface area contributed by atoms with Crippen molar-refractivity contribution in [3.63, 3.8) is 0 Å². The van der Waals surface area contributed by atoms with Gasteiger partial charge in [-0.05, 0) is 101 Å². The number of Topliss-reactive ketones (excluding diaryl/α,β-unsaturated/α-hetero) is 1. The molecule has 3 N–H and O–H groups in total. The van der Waals surface area contributed by atoms with E-state index in [1.807, 2.05) is 0 Å². The summed E-state index contributed by atoms with van der Waals surface area (Å²) in [4.78, 5) is 14.5. The molecule has 0 aromatic heterocycles. The van der Waals surface area contributed by atoms with Gasteiger partial charge in [-0.2, -0.15) is 0 Å². The SMILES string of the molecule is O=C1[C@@H]2OC3C(O)CCC4CCC(O)(CC15CC1CCCCC1C5)C2(CCNCC1CC1)C43. The van der Waals surface area contributed by atoms with Crippen molar-refractivity contribution in [2.75, 3.05) is 13.1 Å². The maximum atomic E-state index is 14.5. The first kappa shape index (κ1) is 21.8. The number of aliphatic hydroxyl groups excluding tert-OH is 1. The van der Waals surface area contributed by atoms with Gasteiger partial charge in [0.2, 0.25) is 0 Å². The van der Waals surface area contributed by atoms with Gasteiger partial charge in [0.05, 0.1) is 17.8 Å². The molecule has 9 atom stereocenters. The lowest BCUT2D eigenvalue weighted by Crippen LogP contribution is -2.70. The van der Waals surface area contributed by atoms with E-state index in [0.717, 1.165) is 64.0 Å². The van der Waals surface area contributed by atoms with E-state index in [1.165, 1.54) is 38.5 Å². The van der Waals surface area contributed by atoms with Crippen molar-refractivity contribution in [3.8, 4) is 0 Å². The third kappa shape index (κ3) is 3.01. The molecule has 7 rings (SSSR count). The van der Waals surface area contributed by atoms with Gasteiger partial charge in [-0.15, -0.1) is 0 Å². The topological polar surface area (TPSA) is 78.8 Å². The first-order valence-electron chi connectivity index (χ1n) is 14.3. The number of rotatable bonds is 5. The number of hydrogen-bond donors (Lipinski definition) is 3. The predicted octanol–water partition coefficient (Wildman–Crippen LogP) is 3.60. The van der Waals surface area contributed by atoms with Crippen LogP contribution in [0.25, 0.3) is 0 Å². The van der Waals surface area contributed by atoms with Crippen LogP contribution in [0.1, 0.15) is 89.9 Å². The molecule has 6 saturated carbocycles. The summed E-state index contributed by atoms with van der Waals surface area (Å²) >= 11 is 0. The van der Waals surface area contributed by atoms with Crippen LogP contribution in [0.2, 0.25) is 0 Å². The van der Waals surface area contributed by atoms with Gasteiger partial charge in [0.15, 0.2) is 5.78 Å². The molecule has 1 spiro atoms. The maximum Gasteiger partial charge on any atom is 0.168 e. The fraction of sp³-hybridized carbons (Fsp3) is 0.964. The molecule has 0 aromatic rings. The molecule has 1 aliphatic heterocycles. The van der Waals surface area contributed by atoms with Crippen LogP contribution in [-0.2, 0) is 9.53 Å². The standard InChI is InChI=1S/C28H43NO4/c30-21-8-7-18-9-10-27(32)16-26(13-19-3-1-2-4-20(19)14-26)24(31)25-28(27,22(18)23(21)33-25)11-12-29-15-17-5-6-17/h17-23,25,29-30,32H,1-16H2/t18?,19?,20?,21?,22?,23?,25-,26?,27?,28?/m0/s1. The van der Waals surface area contributed by atoms with Crippen molar-refractivity contribution in [2.24, 2.45) is 40.4 Å². The van der Waals surface area contributed by atoms with Gasteiger partial charge < -0.3 is 20.3 Å². The number of carbonyl (C=O) groups is 1.